The van der Waals surface area contributed by atoms with Crippen molar-refractivity contribution < 1.29 is 4.74 Å². The maximum absolute atomic E-state index is 5.41. The molecule has 3 aromatic rings. The number of aromatic nitrogens is 2. The summed E-state index contributed by atoms with van der Waals surface area (Å²) in [5.41, 5.74) is 2.43. The summed E-state index contributed by atoms with van der Waals surface area (Å²) in [6.07, 6.45) is 0.863. The number of para-hydroxylation sites is 1. The molecule has 0 spiro atoms. The molecule has 5 heteroatoms. The molecule has 1 heterocycles. The van der Waals surface area contributed by atoms with Gasteiger partial charge in [0.2, 0.25) is 0 Å². The lowest BCUT2D eigenvalue weighted by Crippen LogP contribution is -2.19. The fraction of sp³-hybridized carbons (Fsp3) is 0.273. The topological polar surface area (TPSA) is 50.3 Å². The highest BCUT2D eigenvalue weighted by molar-refractivity contribution is 5.49. The van der Waals surface area contributed by atoms with Crippen LogP contribution in [0, 0.1) is 6.92 Å². The largest absolute Gasteiger partial charge is 0.496 e. The number of anilines is 2. The summed E-state index contributed by atoms with van der Waals surface area (Å²) in [6.45, 7) is 3.50. The van der Waals surface area contributed by atoms with Gasteiger partial charge < -0.3 is 15.0 Å². The van der Waals surface area contributed by atoms with Gasteiger partial charge in [-0.1, -0.05) is 48.5 Å². The van der Waals surface area contributed by atoms with Crippen LogP contribution in [-0.4, -0.2) is 30.7 Å². The molecule has 140 valence electrons. The number of rotatable bonds is 8. The molecule has 5 nitrogen and oxygen atoms in total. The number of hydrogen-bond acceptors (Lipinski definition) is 5. The van der Waals surface area contributed by atoms with Crippen molar-refractivity contribution in [2.75, 3.05) is 30.9 Å². The molecule has 0 saturated heterocycles. The number of methoxy groups -OCH3 is 1. The van der Waals surface area contributed by atoms with Crippen LogP contribution >= 0.6 is 0 Å². The van der Waals surface area contributed by atoms with Gasteiger partial charge in [0.15, 0.2) is 0 Å². The lowest BCUT2D eigenvalue weighted by atomic mass is 10.1. The van der Waals surface area contributed by atoms with Crippen molar-refractivity contribution in [3.8, 4) is 5.75 Å². The molecule has 0 aliphatic rings. The molecule has 0 fully saturated rings. The van der Waals surface area contributed by atoms with E-state index in [-0.39, 0.29) is 0 Å². The van der Waals surface area contributed by atoms with E-state index in [9.17, 15) is 0 Å². The number of benzene rings is 2. The quantitative estimate of drug-likeness (QED) is 0.654. The highest BCUT2D eigenvalue weighted by atomic mass is 16.5. The van der Waals surface area contributed by atoms with Gasteiger partial charge in [0.1, 0.15) is 23.2 Å². The first-order chi connectivity index (χ1) is 13.2. The summed E-state index contributed by atoms with van der Waals surface area (Å²) in [5, 5.41) is 3.41. The number of nitrogens with one attached hydrogen (secondary N) is 1. The highest BCUT2D eigenvalue weighted by Crippen LogP contribution is 2.19. The Labute approximate surface area is 161 Å². The van der Waals surface area contributed by atoms with E-state index in [1.165, 1.54) is 11.1 Å². The average Bonchev–Trinajstić information content (AvgIpc) is 2.68. The molecule has 2 aromatic carbocycles. The van der Waals surface area contributed by atoms with Crippen molar-refractivity contribution in [2.24, 2.45) is 0 Å². The first kappa shape index (κ1) is 18.7. The maximum Gasteiger partial charge on any atom is 0.134 e. The lowest BCUT2D eigenvalue weighted by Gasteiger charge is -2.19. The van der Waals surface area contributed by atoms with E-state index in [2.05, 4.69) is 50.5 Å². The number of nitrogens with zero attached hydrogens (tertiary/aromatic N) is 3. The number of hydrogen-bond donors (Lipinski definition) is 1. The molecule has 0 saturated carbocycles. The van der Waals surface area contributed by atoms with Crippen LogP contribution in [-0.2, 0) is 13.0 Å². The first-order valence-electron chi connectivity index (χ1n) is 9.12. The van der Waals surface area contributed by atoms with Crippen molar-refractivity contribution in [2.45, 2.75) is 19.9 Å². The van der Waals surface area contributed by atoms with Gasteiger partial charge in [0, 0.05) is 26.2 Å². The van der Waals surface area contributed by atoms with Gasteiger partial charge in [0.25, 0.3) is 0 Å². The third-order valence-electron chi connectivity index (χ3n) is 4.37. The molecule has 0 amide bonds. The SMILES string of the molecule is COc1ccccc1CCNc1cc(N(C)Cc2ccccc2)nc(C)n1. The third-order valence-corrected chi connectivity index (χ3v) is 4.37. The monoisotopic (exact) mass is 362 g/mol. The Morgan fingerprint density at radius 3 is 2.52 bits per heavy atom. The Morgan fingerprint density at radius 1 is 1.00 bits per heavy atom. The highest BCUT2D eigenvalue weighted by Gasteiger charge is 2.08. The second-order valence-electron chi connectivity index (χ2n) is 6.49. The fourth-order valence-electron chi connectivity index (χ4n) is 3.01. The van der Waals surface area contributed by atoms with E-state index >= 15 is 0 Å². The zero-order chi connectivity index (χ0) is 19.1. The van der Waals surface area contributed by atoms with Gasteiger partial charge in [-0.2, -0.15) is 0 Å². The first-order valence-corrected chi connectivity index (χ1v) is 9.12. The molecular formula is C22H26N4O. The second kappa shape index (κ2) is 9.03. The van der Waals surface area contributed by atoms with E-state index in [0.29, 0.717) is 0 Å². The van der Waals surface area contributed by atoms with Crippen LogP contribution < -0.4 is 15.0 Å². The van der Waals surface area contributed by atoms with Crippen LogP contribution in [0.2, 0.25) is 0 Å². The summed E-state index contributed by atoms with van der Waals surface area (Å²) < 4.78 is 5.41. The zero-order valence-electron chi connectivity index (χ0n) is 16.1. The van der Waals surface area contributed by atoms with Gasteiger partial charge in [0.05, 0.1) is 7.11 Å². The van der Waals surface area contributed by atoms with Crippen LogP contribution in [0.1, 0.15) is 17.0 Å². The lowest BCUT2D eigenvalue weighted by molar-refractivity contribution is 0.410. The molecule has 27 heavy (non-hydrogen) atoms. The Bertz CT molecular complexity index is 867. The van der Waals surface area contributed by atoms with Crippen molar-refractivity contribution in [1.82, 2.24) is 9.97 Å². The third kappa shape index (κ3) is 5.20. The Kier molecular flexibility index (Phi) is 6.26. The van der Waals surface area contributed by atoms with E-state index in [4.69, 9.17) is 4.74 Å². The van der Waals surface area contributed by atoms with Crippen LogP contribution in [0.4, 0.5) is 11.6 Å². The molecule has 0 unspecified atom stereocenters. The minimum atomic E-state index is 0.757. The van der Waals surface area contributed by atoms with Gasteiger partial charge >= 0.3 is 0 Å². The molecule has 1 aromatic heterocycles. The Balaban J connectivity index is 1.64. The van der Waals surface area contributed by atoms with Crippen molar-refractivity contribution in [3.63, 3.8) is 0 Å². The van der Waals surface area contributed by atoms with Gasteiger partial charge in [-0.25, -0.2) is 9.97 Å². The molecule has 1 N–H and O–H groups in total. The van der Waals surface area contributed by atoms with E-state index in [1.807, 2.05) is 44.3 Å². The maximum atomic E-state index is 5.41. The summed E-state index contributed by atoms with van der Waals surface area (Å²) in [6, 6.07) is 20.5. The Morgan fingerprint density at radius 2 is 1.74 bits per heavy atom. The average molecular weight is 362 g/mol. The van der Waals surface area contributed by atoms with E-state index in [1.54, 1.807) is 7.11 Å². The smallest absolute Gasteiger partial charge is 0.134 e. The second-order valence-corrected chi connectivity index (χ2v) is 6.49. The van der Waals surface area contributed by atoms with Crippen LogP contribution in [0.5, 0.6) is 5.75 Å². The van der Waals surface area contributed by atoms with E-state index in [0.717, 1.165) is 42.7 Å². The van der Waals surface area contributed by atoms with E-state index < -0.39 is 0 Å². The zero-order valence-corrected chi connectivity index (χ0v) is 16.1. The van der Waals surface area contributed by atoms with Crippen LogP contribution in [0.3, 0.4) is 0 Å². The van der Waals surface area contributed by atoms with Crippen molar-refractivity contribution >= 4 is 11.6 Å². The molecule has 3 rings (SSSR count). The molecule has 0 aliphatic carbocycles. The summed E-state index contributed by atoms with van der Waals surface area (Å²) in [5.74, 6) is 3.42. The fourth-order valence-corrected chi connectivity index (χ4v) is 3.01. The minimum Gasteiger partial charge on any atom is -0.496 e. The van der Waals surface area contributed by atoms with Crippen molar-refractivity contribution in [1.29, 1.82) is 0 Å². The predicted molar refractivity (Wildman–Crippen MR) is 111 cm³/mol. The van der Waals surface area contributed by atoms with Crippen LogP contribution in [0.15, 0.2) is 60.7 Å². The molecule has 0 radical (unpaired) electrons. The summed E-state index contributed by atoms with van der Waals surface area (Å²) >= 11 is 0. The molecule has 0 aliphatic heterocycles. The molecule has 0 atom stereocenters. The van der Waals surface area contributed by atoms with Crippen molar-refractivity contribution in [3.05, 3.63) is 77.6 Å². The standard InChI is InChI=1S/C22H26N4O/c1-17-24-21(23-14-13-19-11-7-8-12-20(19)27-3)15-22(25-17)26(2)16-18-9-5-4-6-10-18/h4-12,15H,13-14,16H2,1-3H3,(H,23,24,25). The summed E-state index contributed by atoms with van der Waals surface area (Å²) in [4.78, 5) is 11.2. The number of ether oxygens (including phenoxy) is 1. The van der Waals surface area contributed by atoms with Gasteiger partial charge in [-0.15, -0.1) is 0 Å². The normalized spacial score (nSPS) is 10.5. The minimum absolute atomic E-state index is 0.757. The molecular weight excluding hydrogens is 336 g/mol. The number of aryl methyl sites for hydroxylation is 1. The van der Waals surface area contributed by atoms with Gasteiger partial charge in [-0.3, -0.25) is 0 Å². The summed E-state index contributed by atoms with van der Waals surface area (Å²) in [7, 11) is 3.75. The van der Waals surface area contributed by atoms with Gasteiger partial charge in [-0.05, 0) is 30.5 Å². The Hall–Kier alpha value is -3.08. The predicted octanol–water partition coefficient (Wildman–Crippen LogP) is 4.08. The molecule has 0 bridgehead atoms. The van der Waals surface area contributed by atoms with Crippen LogP contribution in [0.25, 0.3) is 0 Å².